The maximum absolute atomic E-state index is 12.5. The van der Waals surface area contributed by atoms with Gasteiger partial charge in [0, 0.05) is 23.3 Å². The third-order valence-corrected chi connectivity index (χ3v) is 5.03. The van der Waals surface area contributed by atoms with Gasteiger partial charge in [0.25, 0.3) is 0 Å². The number of nitriles is 1. The summed E-state index contributed by atoms with van der Waals surface area (Å²) in [5.74, 6) is 0.505. The molecule has 1 fully saturated rings. The Balaban J connectivity index is 1.46. The molecule has 3 amide bonds. The fourth-order valence-corrected chi connectivity index (χ4v) is 3.36. The first-order chi connectivity index (χ1) is 15.5. The molecule has 32 heavy (non-hydrogen) atoms. The molecule has 8 nitrogen and oxygen atoms in total. The zero-order valence-corrected chi connectivity index (χ0v) is 17.5. The first-order valence-corrected chi connectivity index (χ1v) is 10.1. The van der Waals surface area contributed by atoms with Gasteiger partial charge in [-0.3, -0.25) is 15.0 Å². The van der Waals surface area contributed by atoms with Gasteiger partial charge in [-0.25, -0.2) is 9.78 Å². The normalized spacial score (nSPS) is 15.6. The van der Waals surface area contributed by atoms with Crippen molar-refractivity contribution in [2.75, 3.05) is 5.32 Å². The minimum atomic E-state index is -0.521. The number of anilines is 1. The van der Waals surface area contributed by atoms with Gasteiger partial charge in [-0.05, 0) is 48.0 Å². The lowest BCUT2D eigenvalue weighted by atomic mass is 10.1. The van der Waals surface area contributed by atoms with Crippen molar-refractivity contribution in [1.82, 2.24) is 15.2 Å². The van der Waals surface area contributed by atoms with E-state index in [9.17, 15) is 9.59 Å². The third kappa shape index (κ3) is 5.14. The Kier molecular flexibility index (Phi) is 6.19. The molecule has 0 saturated carbocycles. The highest BCUT2D eigenvalue weighted by molar-refractivity contribution is 6.30. The van der Waals surface area contributed by atoms with Crippen LogP contribution in [0.25, 0.3) is 0 Å². The van der Waals surface area contributed by atoms with E-state index in [0.29, 0.717) is 28.9 Å². The molecule has 2 heterocycles. The average Bonchev–Trinajstić information content (AvgIpc) is 2.79. The fourth-order valence-electron chi connectivity index (χ4n) is 3.23. The minimum absolute atomic E-state index is 0.114. The topological polar surface area (TPSA) is 107 Å². The van der Waals surface area contributed by atoms with Crippen LogP contribution in [0.3, 0.4) is 0 Å². The zero-order chi connectivity index (χ0) is 22.5. The Hall–Kier alpha value is -4.09. The highest BCUT2D eigenvalue weighted by atomic mass is 35.5. The summed E-state index contributed by atoms with van der Waals surface area (Å²) in [6.45, 7) is 0.316. The lowest BCUT2D eigenvalue weighted by Gasteiger charge is -2.36. The number of benzene rings is 2. The van der Waals surface area contributed by atoms with Crippen molar-refractivity contribution >= 4 is 29.2 Å². The summed E-state index contributed by atoms with van der Waals surface area (Å²) in [6, 6.07) is 20.7. The van der Waals surface area contributed by atoms with Gasteiger partial charge in [0.15, 0.2) is 0 Å². The molecule has 0 radical (unpaired) electrons. The van der Waals surface area contributed by atoms with E-state index in [1.807, 2.05) is 18.2 Å². The molecule has 9 heteroatoms. The fraction of sp³-hybridized carbons (Fsp3) is 0.130. The van der Waals surface area contributed by atoms with Gasteiger partial charge in [0.1, 0.15) is 23.7 Å². The summed E-state index contributed by atoms with van der Waals surface area (Å²) in [5.41, 5.74) is 1.87. The lowest BCUT2D eigenvalue weighted by Crippen LogP contribution is -2.57. The summed E-state index contributed by atoms with van der Waals surface area (Å²) in [7, 11) is 0. The van der Waals surface area contributed by atoms with Crippen LogP contribution in [0.15, 0.2) is 66.7 Å². The smallest absolute Gasteiger partial charge is 0.326 e. The molecule has 1 atom stereocenters. The molecule has 1 saturated heterocycles. The number of hydrogen-bond acceptors (Lipinski definition) is 6. The molecule has 0 bridgehead atoms. The highest BCUT2D eigenvalue weighted by Gasteiger charge is 2.32. The molecule has 0 aliphatic carbocycles. The van der Waals surface area contributed by atoms with Crippen LogP contribution in [0.2, 0.25) is 5.02 Å². The predicted octanol–water partition coefficient (Wildman–Crippen LogP) is 4.28. The van der Waals surface area contributed by atoms with Crippen LogP contribution in [0.5, 0.6) is 11.6 Å². The molecule has 1 aliphatic heterocycles. The minimum Gasteiger partial charge on any atom is -0.439 e. The van der Waals surface area contributed by atoms with Crippen LogP contribution in [-0.4, -0.2) is 28.0 Å². The molecule has 3 aromatic rings. The van der Waals surface area contributed by atoms with Crippen LogP contribution in [-0.2, 0) is 11.3 Å². The Morgan fingerprint density at radius 2 is 1.88 bits per heavy atom. The predicted molar refractivity (Wildman–Crippen MR) is 118 cm³/mol. The second-order valence-corrected chi connectivity index (χ2v) is 7.51. The number of hydrogen-bond donors (Lipinski definition) is 2. The van der Waals surface area contributed by atoms with E-state index in [4.69, 9.17) is 21.6 Å². The van der Waals surface area contributed by atoms with Crippen molar-refractivity contribution in [3.63, 3.8) is 0 Å². The highest BCUT2D eigenvalue weighted by Crippen LogP contribution is 2.24. The van der Waals surface area contributed by atoms with E-state index in [1.54, 1.807) is 59.5 Å². The second kappa shape index (κ2) is 9.37. The van der Waals surface area contributed by atoms with Gasteiger partial charge in [0.2, 0.25) is 11.8 Å². The Morgan fingerprint density at radius 1 is 1.12 bits per heavy atom. The lowest BCUT2D eigenvalue weighted by molar-refractivity contribution is -0.122. The number of urea groups is 1. The molecular formula is C23H18ClN5O3. The standard InChI is InChI=1S/C23H18ClN5O3/c24-16-6-4-15(5-7-16)14-29-20(12-21(30)28-23(29)31)26-17-8-10-19(11-9-17)32-22-3-1-2-18(13-25)27-22/h1-11,20,26H,12,14H2,(H,28,30,31). The van der Waals surface area contributed by atoms with Gasteiger partial charge in [0.05, 0.1) is 6.42 Å². The molecule has 1 aromatic heterocycles. The van der Waals surface area contributed by atoms with E-state index in [0.717, 1.165) is 5.56 Å². The molecule has 2 aromatic carbocycles. The number of aromatic nitrogens is 1. The summed E-state index contributed by atoms with van der Waals surface area (Å²) in [4.78, 5) is 30.1. The van der Waals surface area contributed by atoms with Crippen LogP contribution in [0.1, 0.15) is 17.7 Å². The van der Waals surface area contributed by atoms with Crippen LogP contribution < -0.4 is 15.4 Å². The maximum atomic E-state index is 12.5. The van der Waals surface area contributed by atoms with E-state index in [-0.39, 0.29) is 18.0 Å². The van der Waals surface area contributed by atoms with Crippen molar-refractivity contribution in [3.8, 4) is 17.7 Å². The van der Waals surface area contributed by atoms with Crippen LogP contribution >= 0.6 is 11.6 Å². The molecule has 160 valence electrons. The number of amides is 3. The van der Waals surface area contributed by atoms with Crippen molar-refractivity contribution in [3.05, 3.63) is 83.0 Å². The molecule has 2 N–H and O–H groups in total. The number of carbonyl (C=O) groups is 2. The van der Waals surface area contributed by atoms with Crippen molar-refractivity contribution < 1.29 is 14.3 Å². The maximum Gasteiger partial charge on any atom is 0.326 e. The summed E-state index contributed by atoms with van der Waals surface area (Å²) >= 11 is 5.94. The Labute approximate surface area is 189 Å². The molecule has 0 spiro atoms. The summed E-state index contributed by atoms with van der Waals surface area (Å²) in [5, 5.41) is 15.1. The number of imide groups is 1. The molecule has 1 unspecified atom stereocenters. The monoisotopic (exact) mass is 447 g/mol. The molecule has 1 aliphatic rings. The van der Waals surface area contributed by atoms with Crippen molar-refractivity contribution in [2.24, 2.45) is 0 Å². The van der Waals surface area contributed by atoms with Crippen LogP contribution in [0.4, 0.5) is 10.5 Å². The van der Waals surface area contributed by atoms with E-state index < -0.39 is 12.2 Å². The molecular weight excluding hydrogens is 430 g/mol. The first kappa shape index (κ1) is 21.2. The van der Waals surface area contributed by atoms with E-state index in [1.165, 1.54) is 0 Å². The van der Waals surface area contributed by atoms with Gasteiger partial charge in [-0.2, -0.15) is 5.26 Å². The first-order valence-electron chi connectivity index (χ1n) is 9.77. The third-order valence-electron chi connectivity index (χ3n) is 4.78. The number of nitrogens with one attached hydrogen (secondary N) is 2. The van der Waals surface area contributed by atoms with Crippen LogP contribution in [0, 0.1) is 11.3 Å². The Morgan fingerprint density at radius 3 is 2.59 bits per heavy atom. The van der Waals surface area contributed by atoms with Crippen molar-refractivity contribution in [2.45, 2.75) is 19.1 Å². The van der Waals surface area contributed by atoms with Gasteiger partial charge >= 0.3 is 6.03 Å². The number of rotatable bonds is 6. The van der Waals surface area contributed by atoms with E-state index >= 15 is 0 Å². The quantitative estimate of drug-likeness (QED) is 0.584. The Bertz CT molecular complexity index is 1180. The largest absolute Gasteiger partial charge is 0.439 e. The zero-order valence-electron chi connectivity index (χ0n) is 16.8. The van der Waals surface area contributed by atoms with Gasteiger partial charge in [-0.1, -0.05) is 29.8 Å². The van der Waals surface area contributed by atoms with E-state index in [2.05, 4.69) is 15.6 Å². The van der Waals surface area contributed by atoms with Crippen molar-refractivity contribution in [1.29, 1.82) is 5.26 Å². The van der Waals surface area contributed by atoms with Gasteiger partial charge < -0.3 is 10.1 Å². The molecule has 4 rings (SSSR count). The second-order valence-electron chi connectivity index (χ2n) is 7.07. The summed E-state index contributed by atoms with van der Waals surface area (Å²) in [6.07, 6.45) is -0.407. The number of ether oxygens (including phenoxy) is 1. The SMILES string of the molecule is N#Cc1cccc(Oc2ccc(NC3CC(=O)NC(=O)N3Cc3ccc(Cl)cc3)cc2)n1. The summed E-state index contributed by atoms with van der Waals surface area (Å²) < 4.78 is 5.68. The van der Waals surface area contributed by atoms with Gasteiger partial charge in [-0.15, -0.1) is 0 Å². The number of pyridine rings is 1. The number of halogens is 1. The number of nitrogens with zero attached hydrogens (tertiary/aromatic N) is 3. The number of carbonyl (C=O) groups excluding carboxylic acids is 2. The average molecular weight is 448 g/mol.